The van der Waals surface area contributed by atoms with Crippen molar-refractivity contribution in [2.24, 2.45) is 16.3 Å². The Morgan fingerprint density at radius 1 is 1.27 bits per heavy atom. The minimum Gasteiger partial charge on any atom is -0.396 e. The molecule has 0 spiro atoms. The Balaban J connectivity index is 1.94. The van der Waals surface area contributed by atoms with Gasteiger partial charge >= 0.3 is 0 Å². The first kappa shape index (κ1) is 21.5. The number of hydrogen-bond donors (Lipinski definition) is 3. The fraction of sp³-hybridized carbons (Fsp3) is 0.950. The van der Waals surface area contributed by atoms with E-state index in [0.717, 1.165) is 44.4 Å². The maximum Gasteiger partial charge on any atom is 0.191 e. The molecule has 0 aromatic carbocycles. The van der Waals surface area contributed by atoms with E-state index >= 15 is 0 Å². The van der Waals surface area contributed by atoms with Gasteiger partial charge in [-0.15, -0.1) is 0 Å². The number of nitrogens with one attached hydrogen (secondary N) is 2. The molecule has 1 heterocycles. The quantitative estimate of drug-likeness (QED) is 0.428. The molecule has 0 aromatic heterocycles. The molecule has 6 heteroatoms. The van der Waals surface area contributed by atoms with E-state index in [0.29, 0.717) is 19.2 Å². The summed E-state index contributed by atoms with van der Waals surface area (Å²) in [4.78, 5) is 7.21. The number of nitrogens with zero attached hydrogens (tertiary/aromatic N) is 2. The van der Waals surface area contributed by atoms with Gasteiger partial charge in [-0.1, -0.05) is 19.3 Å². The molecule has 6 nitrogen and oxygen atoms in total. The summed E-state index contributed by atoms with van der Waals surface area (Å²) in [6.07, 6.45) is 8.56. The molecule has 26 heavy (non-hydrogen) atoms. The van der Waals surface area contributed by atoms with E-state index in [-0.39, 0.29) is 12.0 Å². The number of aliphatic imine (C=N–C) groups is 1. The summed E-state index contributed by atoms with van der Waals surface area (Å²) in [5, 5.41) is 16.4. The largest absolute Gasteiger partial charge is 0.396 e. The number of aliphatic hydroxyl groups excluding tert-OH is 1. The number of rotatable bonds is 9. The second-order valence-corrected chi connectivity index (χ2v) is 8.28. The molecule has 0 bridgehead atoms. The number of guanidine groups is 1. The molecule has 1 saturated heterocycles. The van der Waals surface area contributed by atoms with E-state index in [2.05, 4.69) is 36.6 Å². The second-order valence-electron chi connectivity index (χ2n) is 8.28. The van der Waals surface area contributed by atoms with Crippen LogP contribution in [0.25, 0.3) is 0 Å². The van der Waals surface area contributed by atoms with Crippen LogP contribution in [0.5, 0.6) is 0 Å². The van der Waals surface area contributed by atoms with Crippen molar-refractivity contribution >= 4 is 5.96 Å². The van der Waals surface area contributed by atoms with E-state index in [1.165, 1.54) is 32.1 Å². The zero-order valence-corrected chi connectivity index (χ0v) is 17.1. The summed E-state index contributed by atoms with van der Waals surface area (Å²) in [6.45, 7) is 6.28. The van der Waals surface area contributed by atoms with Crippen molar-refractivity contribution in [1.29, 1.82) is 0 Å². The van der Waals surface area contributed by atoms with Gasteiger partial charge in [0.15, 0.2) is 5.96 Å². The highest BCUT2D eigenvalue weighted by atomic mass is 16.5. The minimum atomic E-state index is 0.00141. The summed E-state index contributed by atoms with van der Waals surface area (Å²) < 4.78 is 5.59. The third-order valence-electron chi connectivity index (χ3n) is 6.08. The lowest BCUT2D eigenvalue weighted by Gasteiger charge is -2.35. The molecule has 2 rings (SSSR count). The Morgan fingerprint density at radius 2 is 2.04 bits per heavy atom. The highest BCUT2D eigenvalue weighted by Gasteiger charge is 2.34. The maximum absolute atomic E-state index is 9.40. The maximum atomic E-state index is 9.40. The molecule has 152 valence electrons. The molecule has 1 aliphatic heterocycles. The molecule has 2 unspecified atom stereocenters. The summed E-state index contributed by atoms with van der Waals surface area (Å²) >= 11 is 0. The lowest BCUT2D eigenvalue weighted by molar-refractivity contribution is 0.131. The van der Waals surface area contributed by atoms with Crippen LogP contribution >= 0.6 is 0 Å². The zero-order valence-electron chi connectivity index (χ0n) is 17.1. The SMILES string of the molecule is CCNC(=NCC1(CCO)CCOC1)NCC(C1CCCCC1)N(C)C. The van der Waals surface area contributed by atoms with Crippen molar-refractivity contribution in [1.82, 2.24) is 15.5 Å². The lowest BCUT2D eigenvalue weighted by atomic mass is 9.83. The van der Waals surface area contributed by atoms with Crippen LogP contribution in [0.4, 0.5) is 0 Å². The van der Waals surface area contributed by atoms with Crippen molar-refractivity contribution in [3.63, 3.8) is 0 Å². The first-order valence-electron chi connectivity index (χ1n) is 10.5. The number of ether oxygens (including phenoxy) is 1. The van der Waals surface area contributed by atoms with Gasteiger partial charge in [-0.3, -0.25) is 4.99 Å². The van der Waals surface area contributed by atoms with Gasteiger partial charge in [0.1, 0.15) is 0 Å². The predicted molar refractivity (Wildman–Crippen MR) is 108 cm³/mol. The van der Waals surface area contributed by atoms with Gasteiger partial charge < -0.3 is 25.4 Å². The normalized spacial score (nSPS) is 26.3. The van der Waals surface area contributed by atoms with E-state index in [1.54, 1.807) is 0 Å². The monoisotopic (exact) mass is 368 g/mol. The molecule has 2 atom stereocenters. The minimum absolute atomic E-state index is 0.00141. The summed E-state index contributed by atoms with van der Waals surface area (Å²) in [6, 6.07) is 0.542. The van der Waals surface area contributed by atoms with E-state index in [4.69, 9.17) is 9.73 Å². The third kappa shape index (κ3) is 6.39. The topological polar surface area (TPSA) is 69.1 Å². The molecule has 2 aliphatic rings. The highest BCUT2D eigenvalue weighted by Crippen LogP contribution is 2.32. The van der Waals surface area contributed by atoms with Gasteiger partial charge in [-0.25, -0.2) is 0 Å². The Labute approximate surface area is 159 Å². The smallest absolute Gasteiger partial charge is 0.191 e. The van der Waals surface area contributed by atoms with Crippen LogP contribution in [-0.4, -0.2) is 75.6 Å². The van der Waals surface area contributed by atoms with Gasteiger partial charge in [0.05, 0.1) is 13.2 Å². The molecular weight excluding hydrogens is 328 g/mol. The molecular formula is C20H40N4O2. The molecule has 1 saturated carbocycles. The van der Waals surface area contributed by atoms with Crippen molar-refractivity contribution in [3.8, 4) is 0 Å². The Kier molecular flexibility index (Phi) is 9.16. The first-order chi connectivity index (χ1) is 12.6. The molecule has 2 fully saturated rings. The molecule has 3 N–H and O–H groups in total. The molecule has 1 aliphatic carbocycles. The Hall–Kier alpha value is -0.850. The van der Waals surface area contributed by atoms with E-state index in [9.17, 15) is 5.11 Å². The predicted octanol–water partition coefficient (Wildman–Crippen LogP) is 1.84. The van der Waals surface area contributed by atoms with Crippen LogP contribution in [0.3, 0.4) is 0 Å². The number of likely N-dealkylation sites (N-methyl/N-ethyl adjacent to an activating group) is 1. The van der Waals surface area contributed by atoms with Crippen molar-refractivity contribution < 1.29 is 9.84 Å². The van der Waals surface area contributed by atoms with Gasteiger partial charge in [0.2, 0.25) is 0 Å². The summed E-state index contributed by atoms with van der Waals surface area (Å²) in [7, 11) is 4.38. The van der Waals surface area contributed by atoms with Crippen LogP contribution in [0.2, 0.25) is 0 Å². The van der Waals surface area contributed by atoms with Gasteiger partial charge in [-0.05, 0) is 52.6 Å². The average Bonchev–Trinajstić information content (AvgIpc) is 3.09. The van der Waals surface area contributed by atoms with Gasteiger partial charge in [0, 0.05) is 37.8 Å². The van der Waals surface area contributed by atoms with Crippen molar-refractivity contribution in [2.45, 2.75) is 57.9 Å². The van der Waals surface area contributed by atoms with E-state index in [1.807, 2.05) is 0 Å². The summed E-state index contributed by atoms with van der Waals surface area (Å²) in [5.41, 5.74) is 0.00141. The Morgan fingerprint density at radius 3 is 2.62 bits per heavy atom. The second kappa shape index (κ2) is 11.1. The Bertz CT molecular complexity index is 416. The zero-order chi connectivity index (χ0) is 18.8. The van der Waals surface area contributed by atoms with Crippen LogP contribution in [0, 0.1) is 11.3 Å². The molecule has 0 aromatic rings. The van der Waals surface area contributed by atoms with Crippen molar-refractivity contribution in [2.75, 3.05) is 53.6 Å². The number of aliphatic hydroxyl groups is 1. The number of hydrogen-bond acceptors (Lipinski definition) is 4. The van der Waals surface area contributed by atoms with E-state index < -0.39 is 0 Å². The third-order valence-corrected chi connectivity index (χ3v) is 6.08. The van der Waals surface area contributed by atoms with Gasteiger partial charge in [-0.2, -0.15) is 0 Å². The summed E-state index contributed by atoms with van der Waals surface area (Å²) in [5.74, 6) is 1.66. The highest BCUT2D eigenvalue weighted by molar-refractivity contribution is 5.79. The van der Waals surface area contributed by atoms with Crippen LogP contribution in [-0.2, 0) is 4.74 Å². The van der Waals surface area contributed by atoms with Crippen LogP contribution in [0.15, 0.2) is 4.99 Å². The van der Waals surface area contributed by atoms with Gasteiger partial charge in [0.25, 0.3) is 0 Å². The van der Waals surface area contributed by atoms with Crippen LogP contribution in [0.1, 0.15) is 51.9 Å². The van der Waals surface area contributed by atoms with Crippen LogP contribution < -0.4 is 10.6 Å². The standard InChI is InChI=1S/C20H40N4O2/c1-4-21-19(23-15-20(10-12-25)11-13-26-16-20)22-14-18(24(2)3)17-8-6-5-7-9-17/h17-18,25H,4-16H2,1-3H3,(H2,21,22,23). The average molecular weight is 369 g/mol. The first-order valence-corrected chi connectivity index (χ1v) is 10.5. The molecule has 0 radical (unpaired) electrons. The fourth-order valence-electron chi connectivity index (χ4n) is 4.37. The molecule has 0 amide bonds. The van der Waals surface area contributed by atoms with Crippen molar-refractivity contribution in [3.05, 3.63) is 0 Å². The fourth-order valence-corrected chi connectivity index (χ4v) is 4.37. The lowest BCUT2D eigenvalue weighted by Crippen LogP contribution is -2.48.